The highest BCUT2D eigenvalue weighted by atomic mass is 16.6. The Morgan fingerprint density at radius 1 is 1.09 bits per heavy atom. The minimum absolute atomic E-state index is 0.0466. The number of alkyl carbamates (subject to hydrolysis) is 1. The van der Waals surface area contributed by atoms with Crippen molar-refractivity contribution in [1.29, 1.82) is 0 Å². The predicted octanol–water partition coefficient (Wildman–Crippen LogP) is 3.01. The van der Waals surface area contributed by atoms with E-state index in [0.717, 1.165) is 22.3 Å². The minimum Gasteiger partial charge on any atom is -0.481 e. The molecule has 0 saturated carbocycles. The summed E-state index contributed by atoms with van der Waals surface area (Å²) in [6, 6.07) is 15.7. The molecule has 5 rings (SSSR count). The lowest BCUT2D eigenvalue weighted by Gasteiger charge is -2.47. The molecule has 3 aliphatic rings. The molecule has 2 saturated heterocycles. The van der Waals surface area contributed by atoms with E-state index in [1.165, 1.54) is 4.90 Å². The number of fused-ring (bicyclic) bond motifs is 3. The molecule has 1 aliphatic carbocycles. The second kappa shape index (κ2) is 8.76. The van der Waals surface area contributed by atoms with Gasteiger partial charge in [-0.2, -0.15) is 0 Å². The Bertz CT molecular complexity index is 1080. The van der Waals surface area contributed by atoms with Crippen molar-refractivity contribution in [2.45, 2.75) is 37.8 Å². The number of nitrogens with zero attached hydrogens (tertiary/aromatic N) is 1. The van der Waals surface area contributed by atoms with E-state index in [9.17, 15) is 19.5 Å². The number of nitrogens with one attached hydrogen (secondary N) is 1. The van der Waals surface area contributed by atoms with Gasteiger partial charge in [0.15, 0.2) is 6.10 Å². The van der Waals surface area contributed by atoms with Gasteiger partial charge in [0, 0.05) is 25.6 Å². The van der Waals surface area contributed by atoms with Crippen LogP contribution < -0.4 is 5.32 Å². The van der Waals surface area contributed by atoms with Crippen molar-refractivity contribution in [3.63, 3.8) is 0 Å². The van der Waals surface area contributed by atoms with Gasteiger partial charge in [0.25, 0.3) is 5.91 Å². The van der Waals surface area contributed by atoms with Gasteiger partial charge in [-0.25, -0.2) is 4.79 Å². The second-order valence-electron chi connectivity index (χ2n) is 9.29. The van der Waals surface area contributed by atoms with E-state index in [1.807, 2.05) is 31.2 Å². The van der Waals surface area contributed by atoms with E-state index in [2.05, 4.69) is 29.6 Å². The van der Waals surface area contributed by atoms with Crippen molar-refractivity contribution in [2.75, 3.05) is 26.3 Å². The summed E-state index contributed by atoms with van der Waals surface area (Å²) in [5.41, 5.74) is 3.68. The molecule has 2 atom stereocenters. The maximum absolute atomic E-state index is 12.9. The Labute approximate surface area is 197 Å². The summed E-state index contributed by atoms with van der Waals surface area (Å²) in [7, 11) is 0. The fraction of sp³-hybridized carbons (Fsp3) is 0.423. The van der Waals surface area contributed by atoms with Gasteiger partial charge in [-0.15, -0.1) is 0 Å². The molecule has 2 heterocycles. The van der Waals surface area contributed by atoms with Crippen LogP contribution in [-0.2, 0) is 19.1 Å². The molecule has 178 valence electrons. The van der Waals surface area contributed by atoms with E-state index in [0.29, 0.717) is 19.4 Å². The molecular formula is C26H28N2O6. The molecule has 2 fully saturated rings. The molecule has 0 aromatic heterocycles. The van der Waals surface area contributed by atoms with E-state index in [1.54, 1.807) is 0 Å². The number of ether oxygens (including phenoxy) is 2. The molecule has 8 nitrogen and oxygen atoms in total. The van der Waals surface area contributed by atoms with Crippen LogP contribution in [0, 0.1) is 5.41 Å². The van der Waals surface area contributed by atoms with Gasteiger partial charge in [0.05, 0.1) is 6.04 Å². The van der Waals surface area contributed by atoms with Crippen molar-refractivity contribution in [3.8, 4) is 11.1 Å². The zero-order valence-corrected chi connectivity index (χ0v) is 19.0. The second-order valence-corrected chi connectivity index (χ2v) is 9.29. The molecule has 2 amide bonds. The molecule has 2 N–H and O–H groups in total. The number of carbonyl (C=O) groups is 3. The van der Waals surface area contributed by atoms with Gasteiger partial charge in [0.2, 0.25) is 0 Å². The number of carbonyl (C=O) groups excluding carboxylic acids is 2. The first-order valence-corrected chi connectivity index (χ1v) is 11.7. The zero-order valence-electron chi connectivity index (χ0n) is 19.0. The molecular weight excluding hydrogens is 436 g/mol. The fourth-order valence-corrected chi connectivity index (χ4v) is 5.30. The molecule has 2 aromatic carbocycles. The van der Waals surface area contributed by atoms with Crippen LogP contribution in [0.5, 0.6) is 0 Å². The SMILES string of the molecule is CCC1(C(=O)O)CN(C(=O)[C@@H]2OCC[C@@H]2NC(=O)OCC2c3ccccc3-c3ccccc32)C1. The Balaban J connectivity index is 1.19. The first-order chi connectivity index (χ1) is 16.4. The number of carboxylic acids is 1. The third-order valence-corrected chi connectivity index (χ3v) is 7.41. The smallest absolute Gasteiger partial charge is 0.407 e. The van der Waals surface area contributed by atoms with Crippen LogP contribution in [0.2, 0.25) is 0 Å². The highest BCUT2D eigenvalue weighted by Gasteiger charge is 2.52. The summed E-state index contributed by atoms with van der Waals surface area (Å²) in [6.07, 6.45) is -0.470. The van der Waals surface area contributed by atoms with Gasteiger partial charge in [-0.05, 0) is 35.1 Å². The van der Waals surface area contributed by atoms with Gasteiger partial charge < -0.3 is 24.8 Å². The minimum atomic E-state index is -0.889. The number of hydrogen-bond acceptors (Lipinski definition) is 5. The van der Waals surface area contributed by atoms with E-state index in [-0.39, 0.29) is 31.5 Å². The summed E-state index contributed by atoms with van der Waals surface area (Å²) < 4.78 is 11.2. The number of benzene rings is 2. The van der Waals surface area contributed by atoms with E-state index < -0.39 is 29.6 Å². The topological polar surface area (TPSA) is 105 Å². The number of amides is 2. The predicted molar refractivity (Wildman–Crippen MR) is 123 cm³/mol. The van der Waals surface area contributed by atoms with Crippen molar-refractivity contribution in [2.24, 2.45) is 5.41 Å². The molecule has 2 aromatic rings. The van der Waals surface area contributed by atoms with Gasteiger partial charge in [-0.3, -0.25) is 9.59 Å². The first kappa shape index (κ1) is 22.4. The normalized spacial score (nSPS) is 22.4. The number of rotatable bonds is 6. The lowest BCUT2D eigenvalue weighted by molar-refractivity contribution is -0.170. The Morgan fingerprint density at radius 2 is 1.71 bits per heavy atom. The number of hydrogen-bond donors (Lipinski definition) is 2. The quantitative estimate of drug-likeness (QED) is 0.681. The summed E-state index contributed by atoms with van der Waals surface area (Å²) in [5.74, 6) is -1.22. The Hall–Kier alpha value is -3.39. The lowest BCUT2D eigenvalue weighted by Crippen LogP contribution is -2.65. The molecule has 0 unspecified atom stereocenters. The monoisotopic (exact) mass is 464 g/mol. The van der Waals surface area contributed by atoms with Crippen molar-refractivity contribution < 1.29 is 29.0 Å². The molecule has 0 bridgehead atoms. The zero-order chi connectivity index (χ0) is 23.9. The average molecular weight is 465 g/mol. The number of aliphatic carboxylic acids is 1. The van der Waals surface area contributed by atoms with Crippen molar-refractivity contribution >= 4 is 18.0 Å². The van der Waals surface area contributed by atoms with Gasteiger partial charge in [-0.1, -0.05) is 55.5 Å². The Morgan fingerprint density at radius 3 is 2.29 bits per heavy atom. The molecule has 34 heavy (non-hydrogen) atoms. The Kier molecular flexibility index (Phi) is 5.77. The summed E-state index contributed by atoms with van der Waals surface area (Å²) in [4.78, 5) is 38.6. The van der Waals surface area contributed by atoms with Crippen LogP contribution in [-0.4, -0.2) is 66.4 Å². The third-order valence-electron chi connectivity index (χ3n) is 7.41. The first-order valence-electron chi connectivity index (χ1n) is 11.7. The lowest BCUT2D eigenvalue weighted by atomic mass is 9.77. The van der Waals surface area contributed by atoms with Crippen molar-refractivity contribution in [1.82, 2.24) is 10.2 Å². The van der Waals surface area contributed by atoms with Gasteiger partial charge >= 0.3 is 12.1 Å². The standard InChI is InChI=1S/C26H28N2O6/c1-2-26(24(30)31)14-28(15-26)23(29)22-21(11-12-33-22)27-25(32)34-13-20-18-9-5-3-7-16(18)17-8-4-6-10-19(17)20/h3-10,20-22H,2,11-15H2,1H3,(H,27,32)(H,30,31)/t21-,22+/m0/s1. The van der Waals surface area contributed by atoms with E-state index >= 15 is 0 Å². The number of carboxylic acid groups (broad SMARTS) is 1. The highest BCUT2D eigenvalue weighted by Crippen LogP contribution is 2.44. The van der Waals surface area contributed by atoms with Crippen LogP contribution in [0.25, 0.3) is 11.1 Å². The van der Waals surface area contributed by atoms with Crippen LogP contribution in [0.1, 0.15) is 36.8 Å². The molecule has 0 spiro atoms. The number of likely N-dealkylation sites (tertiary alicyclic amines) is 1. The molecule has 8 heteroatoms. The largest absolute Gasteiger partial charge is 0.481 e. The van der Waals surface area contributed by atoms with Crippen LogP contribution >= 0.6 is 0 Å². The summed E-state index contributed by atoms with van der Waals surface area (Å²) in [6.45, 7) is 2.67. The average Bonchev–Trinajstić information content (AvgIpc) is 3.39. The van der Waals surface area contributed by atoms with E-state index in [4.69, 9.17) is 9.47 Å². The maximum atomic E-state index is 12.9. The van der Waals surface area contributed by atoms with Gasteiger partial charge in [0.1, 0.15) is 12.0 Å². The highest BCUT2D eigenvalue weighted by molar-refractivity contribution is 5.87. The van der Waals surface area contributed by atoms with Crippen molar-refractivity contribution in [3.05, 3.63) is 59.7 Å². The molecule has 0 radical (unpaired) electrons. The fourth-order valence-electron chi connectivity index (χ4n) is 5.30. The summed E-state index contributed by atoms with van der Waals surface area (Å²) in [5, 5.41) is 12.2. The van der Waals surface area contributed by atoms with Crippen LogP contribution in [0.3, 0.4) is 0 Å². The molecule has 2 aliphatic heterocycles. The van der Waals surface area contributed by atoms with Crippen LogP contribution in [0.15, 0.2) is 48.5 Å². The summed E-state index contributed by atoms with van der Waals surface area (Å²) >= 11 is 0. The van der Waals surface area contributed by atoms with Crippen LogP contribution in [0.4, 0.5) is 4.79 Å². The third kappa shape index (κ3) is 3.72. The maximum Gasteiger partial charge on any atom is 0.407 e.